The normalized spacial score (nSPS) is 10.4. The number of nitrogens with zero attached hydrogens (tertiary/aromatic N) is 3. The average molecular weight is 306 g/mol. The van der Waals surface area contributed by atoms with Crippen LogP contribution in [0.1, 0.15) is 17.3 Å². The number of amides is 1. The molecule has 0 saturated carbocycles. The number of rotatable bonds is 4. The first-order chi connectivity index (χ1) is 10.4. The average Bonchev–Trinajstić information content (AvgIpc) is 2.47. The molecule has 22 heavy (non-hydrogen) atoms. The summed E-state index contributed by atoms with van der Waals surface area (Å²) in [7, 11) is 3.44. The fourth-order valence-corrected chi connectivity index (χ4v) is 1.93. The second kappa shape index (κ2) is 6.46. The molecule has 0 aliphatic rings. The molecule has 0 bridgehead atoms. The molecule has 116 valence electrons. The second-order valence-electron chi connectivity index (χ2n) is 4.81. The summed E-state index contributed by atoms with van der Waals surface area (Å²) in [6.45, 7) is 2.27. The van der Waals surface area contributed by atoms with Crippen molar-refractivity contribution < 1.29 is 13.6 Å². The van der Waals surface area contributed by atoms with Crippen LogP contribution in [-0.2, 0) is 0 Å². The standard InChI is InChI=1S/C15H16F2N4O/c1-4-18-15(22)11-8-19-13(20-14(11)21(2)3)10-6-5-9(16)7-12(10)17/h5-8H,4H2,1-3H3,(H,18,22). The Balaban J connectivity index is 2.51. The molecule has 1 aromatic heterocycles. The van der Waals surface area contributed by atoms with Crippen molar-refractivity contribution in [3.8, 4) is 11.4 Å². The third kappa shape index (κ3) is 3.19. The van der Waals surface area contributed by atoms with Crippen LogP contribution in [0.3, 0.4) is 0 Å². The summed E-state index contributed by atoms with van der Waals surface area (Å²) in [5, 5.41) is 2.67. The summed E-state index contributed by atoms with van der Waals surface area (Å²) in [4.78, 5) is 21.9. The van der Waals surface area contributed by atoms with Crippen molar-refractivity contribution in [3.63, 3.8) is 0 Å². The number of halogens is 2. The number of hydrogen-bond donors (Lipinski definition) is 1. The van der Waals surface area contributed by atoms with E-state index in [0.717, 1.165) is 12.1 Å². The van der Waals surface area contributed by atoms with Crippen LogP contribution in [0.5, 0.6) is 0 Å². The molecule has 2 aromatic rings. The molecular formula is C15H16F2N4O. The van der Waals surface area contributed by atoms with E-state index in [1.54, 1.807) is 25.9 Å². The molecule has 0 radical (unpaired) electrons. The molecule has 0 unspecified atom stereocenters. The minimum absolute atomic E-state index is 0.0759. The lowest BCUT2D eigenvalue weighted by molar-refractivity contribution is 0.0955. The Morgan fingerprint density at radius 3 is 2.64 bits per heavy atom. The maximum absolute atomic E-state index is 13.8. The van der Waals surface area contributed by atoms with Crippen molar-refractivity contribution in [2.45, 2.75) is 6.92 Å². The van der Waals surface area contributed by atoms with Crippen molar-refractivity contribution in [1.82, 2.24) is 15.3 Å². The highest BCUT2D eigenvalue weighted by molar-refractivity contribution is 5.98. The fraction of sp³-hybridized carbons (Fsp3) is 0.267. The highest BCUT2D eigenvalue weighted by atomic mass is 19.1. The first-order valence-corrected chi connectivity index (χ1v) is 6.72. The van der Waals surface area contributed by atoms with Crippen LogP contribution in [-0.4, -0.2) is 36.5 Å². The smallest absolute Gasteiger partial charge is 0.256 e. The highest BCUT2D eigenvalue weighted by Crippen LogP contribution is 2.23. The molecule has 0 aliphatic carbocycles. The lowest BCUT2D eigenvalue weighted by Gasteiger charge is -2.16. The second-order valence-corrected chi connectivity index (χ2v) is 4.81. The molecular weight excluding hydrogens is 290 g/mol. The van der Waals surface area contributed by atoms with Crippen LogP contribution in [0.15, 0.2) is 24.4 Å². The van der Waals surface area contributed by atoms with Gasteiger partial charge in [-0.2, -0.15) is 0 Å². The summed E-state index contributed by atoms with van der Waals surface area (Å²) in [5.41, 5.74) is 0.366. The number of benzene rings is 1. The lowest BCUT2D eigenvalue weighted by atomic mass is 10.2. The van der Waals surface area contributed by atoms with E-state index in [1.165, 1.54) is 12.3 Å². The molecule has 7 heteroatoms. The Bertz CT molecular complexity index is 704. The van der Waals surface area contributed by atoms with Gasteiger partial charge in [-0.15, -0.1) is 0 Å². The number of carbonyl (C=O) groups is 1. The molecule has 1 aromatic carbocycles. The Morgan fingerprint density at radius 1 is 1.32 bits per heavy atom. The molecule has 0 saturated heterocycles. The van der Waals surface area contributed by atoms with Gasteiger partial charge in [-0.25, -0.2) is 18.7 Å². The van der Waals surface area contributed by atoms with E-state index < -0.39 is 11.6 Å². The summed E-state index contributed by atoms with van der Waals surface area (Å²) < 4.78 is 26.8. The molecule has 0 spiro atoms. The van der Waals surface area contributed by atoms with Gasteiger partial charge in [0.15, 0.2) is 5.82 Å². The quantitative estimate of drug-likeness (QED) is 0.941. The first-order valence-electron chi connectivity index (χ1n) is 6.72. The predicted molar refractivity (Wildman–Crippen MR) is 79.7 cm³/mol. The zero-order valence-corrected chi connectivity index (χ0v) is 12.5. The summed E-state index contributed by atoms with van der Waals surface area (Å²) in [6, 6.07) is 3.17. The first kappa shape index (κ1) is 15.8. The topological polar surface area (TPSA) is 58.1 Å². The van der Waals surface area contributed by atoms with Crippen molar-refractivity contribution in [2.75, 3.05) is 25.5 Å². The maximum atomic E-state index is 13.8. The molecule has 0 atom stereocenters. The third-order valence-corrected chi connectivity index (χ3v) is 2.95. The van der Waals surface area contributed by atoms with Gasteiger partial charge < -0.3 is 10.2 Å². The van der Waals surface area contributed by atoms with Gasteiger partial charge in [0.2, 0.25) is 0 Å². The van der Waals surface area contributed by atoms with E-state index >= 15 is 0 Å². The molecule has 0 fully saturated rings. The van der Waals surface area contributed by atoms with Gasteiger partial charge in [0, 0.05) is 32.9 Å². The SMILES string of the molecule is CCNC(=O)c1cnc(-c2ccc(F)cc2F)nc1N(C)C. The number of hydrogen-bond acceptors (Lipinski definition) is 4. The maximum Gasteiger partial charge on any atom is 0.256 e. The Labute approximate surface area is 127 Å². The van der Waals surface area contributed by atoms with E-state index in [2.05, 4.69) is 15.3 Å². The van der Waals surface area contributed by atoms with Gasteiger partial charge in [0.25, 0.3) is 5.91 Å². The monoisotopic (exact) mass is 306 g/mol. The van der Waals surface area contributed by atoms with Gasteiger partial charge in [-0.3, -0.25) is 4.79 Å². The van der Waals surface area contributed by atoms with Gasteiger partial charge in [-0.05, 0) is 19.1 Å². The van der Waals surface area contributed by atoms with Crippen LogP contribution in [0, 0.1) is 11.6 Å². The van der Waals surface area contributed by atoms with Gasteiger partial charge in [0.1, 0.15) is 23.0 Å². The minimum Gasteiger partial charge on any atom is -0.362 e. The lowest BCUT2D eigenvalue weighted by Crippen LogP contribution is -2.26. The number of anilines is 1. The Hall–Kier alpha value is -2.57. The zero-order valence-electron chi connectivity index (χ0n) is 12.5. The predicted octanol–water partition coefficient (Wildman–Crippen LogP) is 2.24. The Morgan fingerprint density at radius 2 is 2.05 bits per heavy atom. The van der Waals surface area contributed by atoms with Crippen LogP contribution < -0.4 is 10.2 Å². The number of carbonyl (C=O) groups excluding carboxylic acids is 1. The summed E-state index contributed by atoms with van der Waals surface area (Å²) in [6.07, 6.45) is 1.34. The van der Waals surface area contributed by atoms with Crippen molar-refractivity contribution in [1.29, 1.82) is 0 Å². The molecule has 5 nitrogen and oxygen atoms in total. The highest BCUT2D eigenvalue weighted by Gasteiger charge is 2.18. The van der Waals surface area contributed by atoms with Crippen LogP contribution in [0.25, 0.3) is 11.4 Å². The van der Waals surface area contributed by atoms with Crippen LogP contribution in [0.2, 0.25) is 0 Å². The summed E-state index contributed by atoms with van der Waals surface area (Å²) in [5.74, 6) is -1.28. The number of nitrogens with one attached hydrogen (secondary N) is 1. The minimum atomic E-state index is -0.754. The third-order valence-electron chi connectivity index (χ3n) is 2.95. The van der Waals surface area contributed by atoms with Crippen molar-refractivity contribution in [3.05, 3.63) is 41.6 Å². The van der Waals surface area contributed by atoms with E-state index in [0.29, 0.717) is 12.4 Å². The van der Waals surface area contributed by atoms with E-state index in [-0.39, 0.29) is 22.9 Å². The molecule has 2 rings (SSSR count). The van der Waals surface area contributed by atoms with Crippen molar-refractivity contribution in [2.24, 2.45) is 0 Å². The van der Waals surface area contributed by atoms with Crippen LogP contribution in [0.4, 0.5) is 14.6 Å². The number of aromatic nitrogens is 2. The molecule has 1 N–H and O–H groups in total. The van der Waals surface area contributed by atoms with E-state index in [4.69, 9.17) is 0 Å². The molecule has 1 heterocycles. The van der Waals surface area contributed by atoms with Crippen LogP contribution >= 0.6 is 0 Å². The van der Waals surface area contributed by atoms with Gasteiger partial charge >= 0.3 is 0 Å². The molecule has 1 amide bonds. The Kier molecular flexibility index (Phi) is 4.65. The van der Waals surface area contributed by atoms with E-state index in [9.17, 15) is 13.6 Å². The van der Waals surface area contributed by atoms with E-state index in [1.807, 2.05) is 0 Å². The largest absolute Gasteiger partial charge is 0.362 e. The summed E-state index contributed by atoms with van der Waals surface area (Å²) >= 11 is 0. The van der Waals surface area contributed by atoms with Crippen molar-refractivity contribution >= 4 is 11.7 Å². The molecule has 0 aliphatic heterocycles. The van der Waals surface area contributed by atoms with Gasteiger partial charge in [0.05, 0.1) is 5.56 Å². The fourth-order valence-electron chi connectivity index (χ4n) is 1.93. The zero-order chi connectivity index (χ0) is 16.3. The van der Waals surface area contributed by atoms with Gasteiger partial charge in [-0.1, -0.05) is 0 Å².